The Balaban J connectivity index is 1.53. The largest absolute Gasteiger partial charge is 0.334 e. The summed E-state index contributed by atoms with van der Waals surface area (Å²) in [5, 5.41) is 3.84. The monoisotopic (exact) mass is 457 g/mol. The first kappa shape index (κ1) is 25.6. The Morgan fingerprint density at radius 1 is 1.21 bits per heavy atom. The maximum absolute atomic E-state index is 13.0. The van der Waals surface area contributed by atoms with Crippen molar-refractivity contribution in [3.05, 3.63) is 96.3 Å². The summed E-state index contributed by atoms with van der Waals surface area (Å²) >= 11 is 0. The second kappa shape index (κ2) is 12.5. The third-order valence-corrected chi connectivity index (χ3v) is 7.12. The SMILES string of the molecule is C=C(C=CC(=CC)CC1CCC(C(C)c2ccccc2)N1)C(=O)N(C)C(C)C1=NC=CC=CC1. The van der Waals surface area contributed by atoms with Crippen molar-refractivity contribution < 1.29 is 4.79 Å². The highest BCUT2D eigenvalue weighted by Crippen LogP contribution is 2.29. The number of carbonyl (C=O) groups is 1. The highest BCUT2D eigenvalue weighted by Gasteiger charge is 2.28. The van der Waals surface area contributed by atoms with E-state index in [1.807, 2.05) is 38.3 Å². The molecular weight excluding hydrogens is 418 g/mol. The number of aliphatic imine (C=N–C) groups is 1. The van der Waals surface area contributed by atoms with Crippen molar-refractivity contribution in [1.29, 1.82) is 0 Å². The Hall–Kier alpha value is -2.98. The number of nitrogens with zero attached hydrogens (tertiary/aromatic N) is 2. The van der Waals surface area contributed by atoms with Crippen LogP contribution in [0.3, 0.4) is 0 Å². The molecule has 0 saturated carbocycles. The number of nitrogens with one attached hydrogen (secondary N) is 1. The van der Waals surface area contributed by atoms with E-state index in [0.717, 1.165) is 25.0 Å². The van der Waals surface area contributed by atoms with Gasteiger partial charge in [0.05, 0.1) is 6.04 Å². The standard InChI is InChI=1S/C30H39N3O/c1-6-25(21-27-18-19-28(32-27)23(3)26-13-9-7-10-14-26)17-16-22(2)30(34)33(5)24(4)29-15-11-8-12-20-31-29/h6-14,16-17,20,23-24,27-28,32H,2,15,18-19,21H2,1,3-5H3. The van der Waals surface area contributed by atoms with Crippen LogP contribution in [0.2, 0.25) is 0 Å². The molecule has 1 saturated heterocycles. The molecule has 34 heavy (non-hydrogen) atoms. The molecule has 1 aromatic rings. The molecule has 1 amide bonds. The molecule has 0 spiro atoms. The van der Waals surface area contributed by atoms with Gasteiger partial charge in [-0.1, -0.05) is 73.7 Å². The number of likely N-dealkylation sites (N-methyl/N-ethyl adjacent to an activating group) is 1. The van der Waals surface area contributed by atoms with Gasteiger partial charge in [0.1, 0.15) is 0 Å². The molecule has 1 N–H and O–H groups in total. The fraction of sp³-hybridized carbons (Fsp3) is 0.400. The smallest absolute Gasteiger partial charge is 0.253 e. The molecule has 180 valence electrons. The fourth-order valence-electron chi connectivity index (χ4n) is 4.65. The normalized spacial score (nSPS) is 22.4. The maximum atomic E-state index is 13.0. The van der Waals surface area contributed by atoms with Crippen LogP contribution >= 0.6 is 0 Å². The second-order valence-electron chi connectivity index (χ2n) is 9.36. The predicted octanol–water partition coefficient (Wildman–Crippen LogP) is 6.12. The molecule has 4 heteroatoms. The van der Waals surface area contributed by atoms with Crippen LogP contribution in [0.25, 0.3) is 0 Å². The van der Waals surface area contributed by atoms with Crippen LogP contribution in [0.1, 0.15) is 57.9 Å². The van der Waals surface area contributed by atoms with Gasteiger partial charge in [-0.2, -0.15) is 0 Å². The number of hydrogen-bond donors (Lipinski definition) is 1. The fourth-order valence-corrected chi connectivity index (χ4v) is 4.65. The summed E-state index contributed by atoms with van der Waals surface area (Å²) in [4.78, 5) is 19.2. The third kappa shape index (κ3) is 6.77. The second-order valence-corrected chi connectivity index (χ2v) is 9.36. The average Bonchev–Trinajstić information content (AvgIpc) is 3.16. The van der Waals surface area contributed by atoms with Crippen LogP contribution in [0, 0.1) is 0 Å². The van der Waals surface area contributed by atoms with Crippen molar-refractivity contribution in [2.45, 2.75) is 70.5 Å². The number of rotatable bonds is 9. The first-order valence-corrected chi connectivity index (χ1v) is 12.4. The first-order chi connectivity index (χ1) is 16.4. The van der Waals surface area contributed by atoms with Crippen molar-refractivity contribution in [2.24, 2.45) is 4.99 Å². The van der Waals surface area contributed by atoms with Gasteiger partial charge in [-0.05, 0) is 56.7 Å². The zero-order valence-electron chi connectivity index (χ0n) is 21.1. The Labute approximate surface area is 205 Å². The maximum Gasteiger partial charge on any atom is 0.253 e. The highest BCUT2D eigenvalue weighted by atomic mass is 16.2. The van der Waals surface area contributed by atoms with E-state index < -0.39 is 0 Å². The summed E-state index contributed by atoms with van der Waals surface area (Å²) in [5.74, 6) is 0.421. The van der Waals surface area contributed by atoms with Gasteiger partial charge >= 0.3 is 0 Å². The number of carbonyl (C=O) groups excluding carboxylic acids is 1. The highest BCUT2D eigenvalue weighted by molar-refractivity contribution is 6.00. The summed E-state index contributed by atoms with van der Waals surface area (Å²) < 4.78 is 0. The molecule has 2 aliphatic rings. The molecule has 0 bridgehead atoms. The number of amides is 1. The lowest BCUT2D eigenvalue weighted by atomic mass is 9.92. The van der Waals surface area contributed by atoms with Crippen molar-refractivity contribution in [2.75, 3.05) is 7.05 Å². The lowest BCUT2D eigenvalue weighted by Crippen LogP contribution is -2.40. The van der Waals surface area contributed by atoms with Crippen molar-refractivity contribution >= 4 is 11.6 Å². The summed E-state index contributed by atoms with van der Waals surface area (Å²) in [6.45, 7) is 10.4. The molecule has 2 heterocycles. The van der Waals surface area contributed by atoms with E-state index in [2.05, 4.69) is 73.2 Å². The summed E-state index contributed by atoms with van der Waals surface area (Å²) in [7, 11) is 1.82. The number of benzene rings is 1. The van der Waals surface area contributed by atoms with E-state index in [4.69, 9.17) is 0 Å². The Morgan fingerprint density at radius 3 is 2.71 bits per heavy atom. The first-order valence-electron chi connectivity index (χ1n) is 12.4. The van der Waals surface area contributed by atoms with Crippen LogP contribution in [0.4, 0.5) is 0 Å². The Kier molecular flexibility index (Phi) is 9.41. The van der Waals surface area contributed by atoms with Crippen LogP contribution in [0.15, 0.2) is 95.7 Å². The van der Waals surface area contributed by atoms with Crippen LogP contribution < -0.4 is 5.32 Å². The van der Waals surface area contributed by atoms with Gasteiger partial charge in [0.2, 0.25) is 0 Å². The van der Waals surface area contributed by atoms with Gasteiger partial charge < -0.3 is 10.2 Å². The van der Waals surface area contributed by atoms with E-state index in [9.17, 15) is 4.79 Å². The minimum Gasteiger partial charge on any atom is -0.334 e. The minimum absolute atomic E-state index is 0.0742. The quantitative estimate of drug-likeness (QED) is 0.359. The van der Waals surface area contributed by atoms with Gasteiger partial charge in [0, 0.05) is 43.0 Å². The van der Waals surface area contributed by atoms with Gasteiger partial charge in [-0.15, -0.1) is 0 Å². The predicted molar refractivity (Wildman–Crippen MR) is 144 cm³/mol. The van der Waals surface area contributed by atoms with Crippen molar-refractivity contribution in [1.82, 2.24) is 10.2 Å². The molecule has 3 rings (SSSR count). The molecule has 2 aliphatic heterocycles. The van der Waals surface area contributed by atoms with Crippen LogP contribution in [0.5, 0.6) is 0 Å². The number of allylic oxidation sites excluding steroid dienone is 5. The zero-order valence-corrected chi connectivity index (χ0v) is 21.1. The molecule has 4 nitrogen and oxygen atoms in total. The van der Waals surface area contributed by atoms with Crippen molar-refractivity contribution in [3.63, 3.8) is 0 Å². The Bertz CT molecular complexity index is 999. The topological polar surface area (TPSA) is 44.7 Å². The van der Waals surface area contributed by atoms with Crippen LogP contribution in [-0.2, 0) is 4.79 Å². The molecule has 1 fully saturated rings. The number of hydrogen-bond acceptors (Lipinski definition) is 3. The van der Waals surface area contributed by atoms with Crippen LogP contribution in [-0.4, -0.2) is 41.7 Å². The molecular formula is C30H39N3O. The van der Waals surface area contributed by atoms with E-state index in [-0.39, 0.29) is 11.9 Å². The summed E-state index contributed by atoms with van der Waals surface area (Å²) in [6.07, 6.45) is 17.8. The minimum atomic E-state index is -0.0857. The zero-order chi connectivity index (χ0) is 24.5. The van der Waals surface area contributed by atoms with Gasteiger partial charge in [0.25, 0.3) is 5.91 Å². The van der Waals surface area contributed by atoms with E-state index in [1.165, 1.54) is 17.6 Å². The Morgan fingerprint density at radius 2 is 1.97 bits per heavy atom. The van der Waals surface area contributed by atoms with E-state index >= 15 is 0 Å². The molecule has 0 aliphatic carbocycles. The molecule has 0 aromatic heterocycles. The van der Waals surface area contributed by atoms with Crippen molar-refractivity contribution in [3.8, 4) is 0 Å². The van der Waals surface area contributed by atoms with E-state index in [0.29, 0.717) is 23.6 Å². The average molecular weight is 458 g/mol. The molecule has 0 radical (unpaired) electrons. The lowest BCUT2D eigenvalue weighted by Gasteiger charge is -2.26. The third-order valence-electron chi connectivity index (χ3n) is 7.12. The van der Waals surface area contributed by atoms with Gasteiger partial charge in [-0.25, -0.2) is 0 Å². The lowest BCUT2D eigenvalue weighted by molar-refractivity contribution is -0.126. The molecule has 1 aromatic carbocycles. The van der Waals surface area contributed by atoms with Gasteiger partial charge in [-0.3, -0.25) is 9.79 Å². The van der Waals surface area contributed by atoms with E-state index in [1.54, 1.807) is 11.1 Å². The summed E-state index contributed by atoms with van der Waals surface area (Å²) in [6, 6.07) is 11.6. The van der Waals surface area contributed by atoms with Gasteiger partial charge in [0.15, 0.2) is 0 Å². The molecule has 4 atom stereocenters. The summed E-state index contributed by atoms with van der Waals surface area (Å²) in [5.41, 5.74) is 4.07. The molecule has 4 unspecified atom stereocenters.